The van der Waals surface area contributed by atoms with Gasteiger partial charge in [0.1, 0.15) is 5.70 Å². The Morgan fingerprint density at radius 1 is 1.58 bits per heavy atom. The zero-order valence-corrected chi connectivity index (χ0v) is 10.5. The minimum Gasteiger partial charge on any atom is -0.461 e. The summed E-state index contributed by atoms with van der Waals surface area (Å²) in [5, 5.41) is -0.262. The topological polar surface area (TPSA) is 65.2 Å². The minimum absolute atomic E-state index is 0.0415. The van der Waals surface area contributed by atoms with Crippen molar-refractivity contribution >= 4 is 23.6 Å². The monoisotopic (exact) mass is 294 g/mol. The van der Waals surface area contributed by atoms with Crippen molar-refractivity contribution in [3.05, 3.63) is 34.2 Å². The Labute approximate surface area is 112 Å². The summed E-state index contributed by atoms with van der Waals surface area (Å²) in [5.41, 5.74) is 4.07. The first-order valence-electron chi connectivity index (χ1n) is 5.12. The van der Waals surface area contributed by atoms with Gasteiger partial charge >= 0.3 is 12.1 Å². The fraction of sp³-hybridized carbons (Fsp3) is 0.273. The normalized spacial score (nSPS) is 12.4. The number of nitrogens with zero attached hydrogens (tertiary/aromatic N) is 1. The highest BCUT2D eigenvalue weighted by Crippen LogP contribution is 2.31. The predicted molar refractivity (Wildman–Crippen MR) is 63.0 cm³/mol. The lowest BCUT2D eigenvalue weighted by Crippen LogP contribution is -2.14. The fourth-order valence-corrected chi connectivity index (χ4v) is 1.35. The SMILES string of the molecule is CCOC(=O)/C(N)=C/c1ncc(C(F)(F)F)cc1Cl. The van der Waals surface area contributed by atoms with Gasteiger partial charge in [-0.3, -0.25) is 4.98 Å². The zero-order valence-electron chi connectivity index (χ0n) is 9.79. The maximum absolute atomic E-state index is 12.4. The molecular weight excluding hydrogens is 285 g/mol. The van der Waals surface area contributed by atoms with Crippen LogP contribution in [0.15, 0.2) is 18.0 Å². The second-order valence-electron chi connectivity index (χ2n) is 3.41. The van der Waals surface area contributed by atoms with Crippen LogP contribution in [0, 0.1) is 0 Å². The van der Waals surface area contributed by atoms with Gasteiger partial charge in [-0.1, -0.05) is 11.6 Å². The van der Waals surface area contributed by atoms with Crippen LogP contribution in [0.1, 0.15) is 18.2 Å². The van der Waals surface area contributed by atoms with E-state index in [1.807, 2.05) is 0 Å². The second kappa shape index (κ2) is 5.92. The summed E-state index contributed by atoms with van der Waals surface area (Å²) in [6, 6.07) is 0.707. The van der Waals surface area contributed by atoms with Gasteiger partial charge in [-0.25, -0.2) is 4.79 Å². The number of alkyl halides is 3. The molecule has 0 radical (unpaired) electrons. The van der Waals surface area contributed by atoms with Crippen molar-refractivity contribution in [3.8, 4) is 0 Å². The van der Waals surface area contributed by atoms with E-state index in [-0.39, 0.29) is 23.0 Å². The Bertz CT molecular complexity index is 515. The number of halogens is 4. The molecule has 19 heavy (non-hydrogen) atoms. The molecule has 1 heterocycles. The van der Waals surface area contributed by atoms with Crippen molar-refractivity contribution in [1.82, 2.24) is 4.98 Å². The van der Waals surface area contributed by atoms with Crippen molar-refractivity contribution in [2.45, 2.75) is 13.1 Å². The van der Waals surface area contributed by atoms with Crippen LogP contribution >= 0.6 is 11.6 Å². The standard InChI is InChI=1S/C11H10ClF3N2O2/c1-2-19-10(18)8(16)4-9-7(12)3-6(5-17-9)11(13,14)15/h3-5H,2,16H2,1H3/b8-4-. The lowest BCUT2D eigenvalue weighted by Gasteiger charge is -2.07. The average Bonchev–Trinajstić information content (AvgIpc) is 2.30. The van der Waals surface area contributed by atoms with E-state index in [0.29, 0.717) is 12.3 Å². The molecule has 1 aromatic rings. The van der Waals surface area contributed by atoms with E-state index >= 15 is 0 Å². The molecule has 0 bridgehead atoms. The minimum atomic E-state index is -4.54. The smallest absolute Gasteiger partial charge is 0.417 e. The maximum atomic E-state index is 12.4. The molecule has 0 spiro atoms. The predicted octanol–water partition coefficient (Wildman–Crippen LogP) is 2.62. The van der Waals surface area contributed by atoms with Crippen LogP contribution in [-0.2, 0) is 15.7 Å². The van der Waals surface area contributed by atoms with Gasteiger partial charge in [-0.05, 0) is 19.1 Å². The summed E-state index contributed by atoms with van der Waals surface area (Å²) in [6.07, 6.45) is -2.87. The number of esters is 1. The number of nitrogens with two attached hydrogens (primary N) is 1. The van der Waals surface area contributed by atoms with Crippen LogP contribution in [0.4, 0.5) is 13.2 Å². The van der Waals surface area contributed by atoms with E-state index in [1.165, 1.54) is 0 Å². The number of hydrogen-bond acceptors (Lipinski definition) is 4. The molecule has 2 N–H and O–H groups in total. The van der Waals surface area contributed by atoms with Gasteiger partial charge in [0.25, 0.3) is 0 Å². The van der Waals surface area contributed by atoms with Gasteiger partial charge in [-0.15, -0.1) is 0 Å². The summed E-state index contributed by atoms with van der Waals surface area (Å²) >= 11 is 5.65. The highest BCUT2D eigenvalue weighted by atomic mass is 35.5. The molecule has 8 heteroatoms. The molecule has 0 unspecified atom stereocenters. The highest BCUT2D eigenvalue weighted by Gasteiger charge is 2.31. The van der Waals surface area contributed by atoms with E-state index < -0.39 is 17.7 Å². The highest BCUT2D eigenvalue weighted by molar-refractivity contribution is 6.32. The molecule has 0 saturated heterocycles. The van der Waals surface area contributed by atoms with Crippen molar-refractivity contribution in [1.29, 1.82) is 0 Å². The molecule has 1 aromatic heterocycles. The number of ether oxygens (including phenoxy) is 1. The average molecular weight is 295 g/mol. The van der Waals surface area contributed by atoms with Crippen LogP contribution in [0.5, 0.6) is 0 Å². The van der Waals surface area contributed by atoms with Crippen molar-refractivity contribution in [2.24, 2.45) is 5.73 Å². The molecule has 0 aliphatic heterocycles. The van der Waals surface area contributed by atoms with Gasteiger partial charge in [-0.2, -0.15) is 13.2 Å². The van der Waals surface area contributed by atoms with Crippen LogP contribution in [0.2, 0.25) is 5.02 Å². The van der Waals surface area contributed by atoms with Crippen LogP contribution in [-0.4, -0.2) is 17.6 Å². The summed E-state index contributed by atoms with van der Waals surface area (Å²) in [6.45, 7) is 1.72. The maximum Gasteiger partial charge on any atom is 0.417 e. The van der Waals surface area contributed by atoms with E-state index in [9.17, 15) is 18.0 Å². The molecule has 1 rings (SSSR count). The lowest BCUT2D eigenvalue weighted by atomic mass is 10.2. The number of aromatic nitrogens is 1. The van der Waals surface area contributed by atoms with E-state index in [1.54, 1.807) is 6.92 Å². The molecule has 4 nitrogen and oxygen atoms in total. The number of pyridine rings is 1. The molecule has 0 fully saturated rings. The van der Waals surface area contributed by atoms with Crippen LogP contribution in [0.25, 0.3) is 6.08 Å². The van der Waals surface area contributed by atoms with Gasteiger partial charge in [0, 0.05) is 6.20 Å². The first-order chi connectivity index (χ1) is 8.75. The number of carbonyl (C=O) groups is 1. The molecule has 0 aromatic carbocycles. The fourth-order valence-electron chi connectivity index (χ4n) is 1.13. The third kappa shape index (κ3) is 4.13. The Morgan fingerprint density at radius 2 is 2.21 bits per heavy atom. The molecule has 0 aliphatic carbocycles. The second-order valence-corrected chi connectivity index (χ2v) is 3.82. The summed E-state index contributed by atoms with van der Waals surface area (Å²) in [5.74, 6) is -0.791. The molecular formula is C11H10ClF3N2O2. The molecule has 0 amide bonds. The Balaban J connectivity index is 3.04. The Hall–Kier alpha value is -1.76. The number of hydrogen-bond donors (Lipinski definition) is 1. The third-order valence-corrected chi connectivity index (χ3v) is 2.30. The van der Waals surface area contributed by atoms with Gasteiger partial charge in [0.05, 0.1) is 22.9 Å². The molecule has 104 valence electrons. The van der Waals surface area contributed by atoms with E-state index in [2.05, 4.69) is 9.72 Å². The van der Waals surface area contributed by atoms with Crippen molar-refractivity contribution in [2.75, 3.05) is 6.61 Å². The lowest BCUT2D eigenvalue weighted by molar-refractivity contribution is -0.139. The van der Waals surface area contributed by atoms with Gasteiger partial charge in [0.2, 0.25) is 0 Å². The Morgan fingerprint density at radius 3 is 2.68 bits per heavy atom. The van der Waals surface area contributed by atoms with Crippen molar-refractivity contribution in [3.63, 3.8) is 0 Å². The number of rotatable bonds is 3. The third-order valence-electron chi connectivity index (χ3n) is 2.00. The zero-order chi connectivity index (χ0) is 14.6. The van der Waals surface area contributed by atoms with E-state index in [4.69, 9.17) is 17.3 Å². The summed E-state index contributed by atoms with van der Waals surface area (Å²) in [7, 11) is 0. The van der Waals surface area contributed by atoms with Gasteiger partial charge < -0.3 is 10.5 Å². The molecule has 0 atom stereocenters. The molecule has 0 saturated carbocycles. The van der Waals surface area contributed by atoms with Crippen LogP contribution in [0.3, 0.4) is 0 Å². The Kier molecular flexibility index (Phi) is 4.77. The largest absolute Gasteiger partial charge is 0.461 e. The van der Waals surface area contributed by atoms with E-state index in [0.717, 1.165) is 6.08 Å². The van der Waals surface area contributed by atoms with Crippen LogP contribution < -0.4 is 5.73 Å². The first kappa shape index (κ1) is 15.3. The summed E-state index contributed by atoms with van der Waals surface area (Å²) in [4.78, 5) is 14.7. The molecule has 0 aliphatic rings. The summed E-state index contributed by atoms with van der Waals surface area (Å²) < 4.78 is 41.7. The number of carbonyl (C=O) groups excluding carboxylic acids is 1. The first-order valence-corrected chi connectivity index (χ1v) is 5.50. The van der Waals surface area contributed by atoms with Gasteiger partial charge in [0.15, 0.2) is 0 Å². The van der Waals surface area contributed by atoms with Crippen molar-refractivity contribution < 1.29 is 22.7 Å². The quantitative estimate of drug-likeness (QED) is 0.687.